The van der Waals surface area contributed by atoms with Crippen molar-refractivity contribution in [2.45, 2.75) is 0 Å². The van der Waals surface area contributed by atoms with Crippen molar-refractivity contribution in [1.29, 1.82) is 5.26 Å². The summed E-state index contributed by atoms with van der Waals surface area (Å²) in [6.45, 7) is 3.95. The number of amides is 1. The summed E-state index contributed by atoms with van der Waals surface area (Å²) in [4.78, 5) is 18.1. The van der Waals surface area contributed by atoms with Gasteiger partial charge in [-0.2, -0.15) is 5.26 Å². The molecule has 104 valence electrons. The van der Waals surface area contributed by atoms with E-state index < -0.39 is 0 Å². The summed E-state index contributed by atoms with van der Waals surface area (Å²) in [6.07, 6.45) is 4.80. The predicted molar refractivity (Wildman–Crippen MR) is 84.7 cm³/mol. The lowest BCUT2D eigenvalue weighted by Gasteiger charge is -2.17. The second kappa shape index (κ2) is 7.17. The van der Waals surface area contributed by atoms with E-state index in [-0.39, 0.29) is 11.5 Å². The third-order valence-corrected chi connectivity index (χ3v) is 3.46. The molecule has 2 rings (SSSR count). The predicted octanol–water partition coefficient (Wildman–Crippen LogP) is 3.27. The van der Waals surface area contributed by atoms with Gasteiger partial charge in [0.25, 0.3) is 5.91 Å². The zero-order chi connectivity index (χ0) is 15.1. The van der Waals surface area contributed by atoms with E-state index in [0.29, 0.717) is 11.7 Å². The van der Waals surface area contributed by atoms with Crippen LogP contribution in [0.25, 0.3) is 6.08 Å². The van der Waals surface area contributed by atoms with Crippen LogP contribution in [0.3, 0.4) is 0 Å². The van der Waals surface area contributed by atoms with Gasteiger partial charge >= 0.3 is 0 Å². The normalized spacial score (nSPS) is 10.7. The Bertz CT molecular complexity index is 684. The van der Waals surface area contributed by atoms with Crippen molar-refractivity contribution >= 4 is 28.5 Å². The molecule has 0 radical (unpaired) electrons. The van der Waals surface area contributed by atoms with E-state index in [0.717, 1.165) is 5.56 Å². The molecule has 2 aromatic rings. The number of carbonyl (C=O) groups excluding carboxylic acids is 1. The summed E-state index contributed by atoms with van der Waals surface area (Å²) < 4.78 is 0. The van der Waals surface area contributed by atoms with Crippen LogP contribution in [0.2, 0.25) is 0 Å². The number of benzene rings is 1. The molecule has 1 amide bonds. The lowest BCUT2D eigenvalue weighted by Crippen LogP contribution is -2.31. The Kier molecular flexibility index (Phi) is 5.02. The van der Waals surface area contributed by atoms with Crippen molar-refractivity contribution < 1.29 is 4.79 Å². The van der Waals surface area contributed by atoms with Gasteiger partial charge in [-0.25, -0.2) is 4.98 Å². The van der Waals surface area contributed by atoms with Crippen molar-refractivity contribution in [1.82, 2.24) is 4.98 Å². The molecule has 0 fully saturated rings. The first-order valence-corrected chi connectivity index (χ1v) is 7.13. The SMILES string of the molecule is C=CCN(C(=O)/C(C#N)=C/c1ccccc1)c1nccs1. The molecule has 1 aromatic heterocycles. The lowest BCUT2D eigenvalue weighted by atomic mass is 10.1. The number of hydrogen-bond donors (Lipinski definition) is 0. The molecule has 0 unspecified atom stereocenters. The molecule has 0 spiro atoms. The molecular weight excluding hydrogens is 282 g/mol. The van der Waals surface area contributed by atoms with E-state index in [2.05, 4.69) is 11.6 Å². The standard InChI is InChI=1S/C16H13N3OS/c1-2-9-19(16-18-8-10-21-16)15(20)14(12-17)11-13-6-4-3-5-7-13/h2-8,10-11H,1,9H2/b14-11+. The summed E-state index contributed by atoms with van der Waals surface area (Å²) in [5, 5.41) is 11.6. The minimum Gasteiger partial charge on any atom is -0.280 e. The number of nitrogens with zero attached hydrogens (tertiary/aromatic N) is 3. The van der Waals surface area contributed by atoms with Crippen molar-refractivity contribution in [2.75, 3.05) is 11.4 Å². The van der Waals surface area contributed by atoms with Crippen LogP contribution >= 0.6 is 11.3 Å². The Morgan fingerprint density at radius 3 is 2.76 bits per heavy atom. The summed E-state index contributed by atoms with van der Waals surface area (Å²) >= 11 is 1.34. The molecule has 0 aliphatic heterocycles. The van der Waals surface area contributed by atoms with Crippen LogP contribution in [-0.2, 0) is 4.79 Å². The van der Waals surface area contributed by atoms with Crippen molar-refractivity contribution in [3.63, 3.8) is 0 Å². The van der Waals surface area contributed by atoms with Crippen LogP contribution in [0.15, 0.2) is 60.1 Å². The monoisotopic (exact) mass is 295 g/mol. The van der Waals surface area contributed by atoms with Crippen LogP contribution in [0, 0.1) is 11.3 Å². The zero-order valence-electron chi connectivity index (χ0n) is 11.3. The summed E-state index contributed by atoms with van der Waals surface area (Å²) in [6, 6.07) is 11.2. The number of anilines is 1. The van der Waals surface area contributed by atoms with Gasteiger partial charge in [0.05, 0.1) is 0 Å². The zero-order valence-corrected chi connectivity index (χ0v) is 12.1. The molecular formula is C16H13N3OS. The fraction of sp³-hybridized carbons (Fsp3) is 0.0625. The van der Waals surface area contributed by atoms with Gasteiger partial charge in [0.15, 0.2) is 5.13 Å². The van der Waals surface area contributed by atoms with Gasteiger partial charge in [-0.1, -0.05) is 36.4 Å². The molecule has 0 aliphatic carbocycles. The Morgan fingerprint density at radius 2 is 2.19 bits per heavy atom. The Hall–Kier alpha value is -2.71. The summed E-state index contributed by atoms with van der Waals surface area (Å²) in [7, 11) is 0. The maximum Gasteiger partial charge on any atom is 0.271 e. The molecule has 0 aliphatic rings. The maximum atomic E-state index is 12.5. The van der Waals surface area contributed by atoms with E-state index in [1.165, 1.54) is 16.2 Å². The molecule has 1 aromatic carbocycles. The largest absolute Gasteiger partial charge is 0.280 e. The highest BCUT2D eigenvalue weighted by atomic mass is 32.1. The van der Waals surface area contributed by atoms with Crippen molar-refractivity contribution in [2.24, 2.45) is 0 Å². The Balaban J connectivity index is 2.32. The molecule has 0 saturated heterocycles. The molecule has 0 bridgehead atoms. The molecule has 0 atom stereocenters. The first-order valence-electron chi connectivity index (χ1n) is 6.25. The number of thiazole rings is 1. The lowest BCUT2D eigenvalue weighted by molar-refractivity contribution is -0.114. The van der Waals surface area contributed by atoms with E-state index in [1.54, 1.807) is 23.7 Å². The van der Waals surface area contributed by atoms with E-state index in [9.17, 15) is 10.1 Å². The van der Waals surface area contributed by atoms with Crippen LogP contribution in [0.4, 0.5) is 5.13 Å². The minimum atomic E-state index is -0.379. The van der Waals surface area contributed by atoms with E-state index >= 15 is 0 Å². The van der Waals surface area contributed by atoms with Crippen LogP contribution in [0.5, 0.6) is 0 Å². The third-order valence-electron chi connectivity index (χ3n) is 2.67. The quantitative estimate of drug-likeness (QED) is 0.483. The van der Waals surface area contributed by atoms with E-state index in [1.807, 2.05) is 36.4 Å². The topological polar surface area (TPSA) is 57.0 Å². The Labute approximate surface area is 127 Å². The molecule has 21 heavy (non-hydrogen) atoms. The number of hydrogen-bond acceptors (Lipinski definition) is 4. The van der Waals surface area contributed by atoms with Gasteiger partial charge < -0.3 is 0 Å². The summed E-state index contributed by atoms with van der Waals surface area (Å²) in [5.74, 6) is -0.379. The molecule has 0 N–H and O–H groups in total. The van der Waals surface area contributed by atoms with Gasteiger partial charge in [-0.3, -0.25) is 9.69 Å². The second-order valence-electron chi connectivity index (χ2n) is 4.10. The van der Waals surface area contributed by atoms with Gasteiger partial charge in [0, 0.05) is 18.1 Å². The Morgan fingerprint density at radius 1 is 1.43 bits per heavy atom. The first-order chi connectivity index (χ1) is 10.3. The number of carbonyl (C=O) groups is 1. The van der Waals surface area contributed by atoms with Gasteiger partial charge in [0.1, 0.15) is 11.6 Å². The molecule has 4 nitrogen and oxygen atoms in total. The van der Waals surface area contributed by atoms with Gasteiger partial charge in [-0.15, -0.1) is 17.9 Å². The highest BCUT2D eigenvalue weighted by Gasteiger charge is 2.20. The fourth-order valence-corrected chi connectivity index (χ4v) is 2.38. The van der Waals surface area contributed by atoms with Crippen LogP contribution in [0.1, 0.15) is 5.56 Å². The molecule has 5 heteroatoms. The number of rotatable bonds is 5. The minimum absolute atomic E-state index is 0.0678. The smallest absolute Gasteiger partial charge is 0.271 e. The summed E-state index contributed by atoms with van der Waals surface area (Å²) in [5.41, 5.74) is 0.873. The van der Waals surface area contributed by atoms with Crippen molar-refractivity contribution in [3.05, 3.63) is 65.7 Å². The van der Waals surface area contributed by atoms with Gasteiger partial charge in [-0.05, 0) is 11.6 Å². The van der Waals surface area contributed by atoms with Gasteiger partial charge in [0.2, 0.25) is 0 Å². The number of nitriles is 1. The third kappa shape index (κ3) is 3.65. The molecule has 1 heterocycles. The number of aromatic nitrogens is 1. The van der Waals surface area contributed by atoms with Crippen molar-refractivity contribution in [3.8, 4) is 6.07 Å². The maximum absolute atomic E-state index is 12.5. The van der Waals surface area contributed by atoms with Crippen LogP contribution < -0.4 is 4.90 Å². The first kappa shape index (κ1) is 14.7. The highest BCUT2D eigenvalue weighted by Crippen LogP contribution is 2.20. The highest BCUT2D eigenvalue weighted by molar-refractivity contribution is 7.13. The fourth-order valence-electron chi connectivity index (χ4n) is 1.73. The molecule has 0 saturated carbocycles. The van der Waals surface area contributed by atoms with Crippen LogP contribution in [-0.4, -0.2) is 17.4 Å². The van der Waals surface area contributed by atoms with E-state index in [4.69, 9.17) is 0 Å². The average Bonchev–Trinajstić information content (AvgIpc) is 3.04. The second-order valence-corrected chi connectivity index (χ2v) is 4.97. The average molecular weight is 295 g/mol.